The third-order valence-corrected chi connectivity index (χ3v) is 4.64. The summed E-state index contributed by atoms with van der Waals surface area (Å²) in [6.45, 7) is 3.91. The summed E-state index contributed by atoms with van der Waals surface area (Å²) in [6.07, 6.45) is 7.05. The van der Waals surface area contributed by atoms with Gasteiger partial charge in [0.2, 0.25) is 0 Å². The zero-order valence-corrected chi connectivity index (χ0v) is 12.5. The van der Waals surface area contributed by atoms with Crippen LogP contribution >= 0.6 is 24.0 Å². The van der Waals surface area contributed by atoms with E-state index in [9.17, 15) is 0 Å². The first-order valence-corrected chi connectivity index (χ1v) is 8.02. The maximum Gasteiger partial charge on any atom is 0.168 e. The molecule has 5 heteroatoms. The minimum absolute atomic E-state index is 0.796. The van der Waals surface area contributed by atoms with Crippen molar-refractivity contribution >= 4 is 29.1 Å². The van der Waals surface area contributed by atoms with Gasteiger partial charge < -0.3 is 15.0 Å². The van der Waals surface area contributed by atoms with Gasteiger partial charge in [-0.25, -0.2) is 0 Å². The fraction of sp³-hybridized carbons (Fsp3) is 0.917. The molecular weight excluding hydrogens is 252 g/mol. The van der Waals surface area contributed by atoms with Crippen LogP contribution in [-0.2, 0) is 4.74 Å². The molecule has 1 unspecified atom stereocenters. The molecule has 1 saturated heterocycles. The molecule has 0 aromatic heterocycles. The fourth-order valence-electron chi connectivity index (χ4n) is 2.03. The smallest absolute Gasteiger partial charge is 0.168 e. The lowest BCUT2D eigenvalue weighted by Gasteiger charge is -2.24. The van der Waals surface area contributed by atoms with Crippen molar-refractivity contribution in [2.75, 3.05) is 39.6 Å². The second kappa shape index (κ2) is 9.00. The lowest BCUT2D eigenvalue weighted by atomic mass is 10.2. The number of rotatable bonds is 5. The largest absolute Gasteiger partial charge is 0.385 e. The van der Waals surface area contributed by atoms with E-state index in [0.717, 1.165) is 43.0 Å². The molecule has 0 bridgehead atoms. The van der Waals surface area contributed by atoms with Crippen molar-refractivity contribution in [2.24, 2.45) is 0 Å². The molecule has 1 heterocycles. The molecule has 0 amide bonds. The first-order valence-electron chi connectivity index (χ1n) is 6.32. The molecule has 100 valence electrons. The van der Waals surface area contributed by atoms with Crippen LogP contribution in [0.2, 0.25) is 0 Å². The van der Waals surface area contributed by atoms with E-state index in [-0.39, 0.29) is 0 Å². The van der Waals surface area contributed by atoms with Gasteiger partial charge in [-0.05, 0) is 44.2 Å². The average Bonchev–Trinajstić information content (AvgIpc) is 2.59. The molecule has 1 aliphatic heterocycles. The summed E-state index contributed by atoms with van der Waals surface area (Å²) >= 11 is 7.42. The van der Waals surface area contributed by atoms with E-state index in [4.69, 9.17) is 17.0 Å². The van der Waals surface area contributed by atoms with Crippen molar-refractivity contribution in [3.63, 3.8) is 0 Å². The van der Waals surface area contributed by atoms with Crippen molar-refractivity contribution in [3.05, 3.63) is 0 Å². The number of nitrogens with zero attached hydrogens (tertiary/aromatic N) is 1. The summed E-state index contributed by atoms with van der Waals surface area (Å²) in [5.74, 6) is 0. The van der Waals surface area contributed by atoms with E-state index in [0.29, 0.717) is 0 Å². The van der Waals surface area contributed by atoms with Crippen LogP contribution in [-0.4, -0.2) is 54.9 Å². The van der Waals surface area contributed by atoms with Crippen molar-refractivity contribution in [3.8, 4) is 0 Å². The molecule has 0 aliphatic carbocycles. The van der Waals surface area contributed by atoms with Crippen LogP contribution in [0.15, 0.2) is 0 Å². The lowest BCUT2D eigenvalue weighted by molar-refractivity contribution is 0.195. The Labute approximate surface area is 115 Å². The van der Waals surface area contributed by atoms with Gasteiger partial charge >= 0.3 is 0 Å². The molecule has 3 nitrogen and oxygen atoms in total. The standard InChI is InChI=1S/C12H24N2OS2/c1-15-10-4-7-13-12(16)14-8-3-5-11(17-2)6-9-14/h11H,3-10H2,1-2H3,(H,13,16). The van der Waals surface area contributed by atoms with E-state index < -0.39 is 0 Å². The third kappa shape index (κ3) is 5.93. The monoisotopic (exact) mass is 276 g/mol. The highest BCUT2D eigenvalue weighted by Crippen LogP contribution is 2.21. The van der Waals surface area contributed by atoms with Crippen LogP contribution in [0.3, 0.4) is 0 Å². The molecule has 1 aliphatic rings. The Balaban J connectivity index is 2.22. The second-order valence-electron chi connectivity index (χ2n) is 4.35. The van der Waals surface area contributed by atoms with E-state index in [1.807, 2.05) is 11.8 Å². The maximum atomic E-state index is 5.43. The number of nitrogens with one attached hydrogen (secondary N) is 1. The number of ether oxygens (including phenoxy) is 1. The highest BCUT2D eigenvalue weighted by molar-refractivity contribution is 7.99. The van der Waals surface area contributed by atoms with Gasteiger partial charge in [-0.2, -0.15) is 11.8 Å². The average molecular weight is 276 g/mol. The summed E-state index contributed by atoms with van der Waals surface area (Å²) in [5, 5.41) is 5.05. The predicted molar refractivity (Wildman–Crippen MR) is 79.8 cm³/mol. The minimum Gasteiger partial charge on any atom is -0.385 e. The fourth-order valence-corrected chi connectivity index (χ4v) is 3.06. The number of hydrogen-bond donors (Lipinski definition) is 1. The van der Waals surface area contributed by atoms with E-state index >= 15 is 0 Å². The highest BCUT2D eigenvalue weighted by Gasteiger charge is 2.17. The Morgan fingerprint density at radius 1 is 1.47 bits per heavy atom. The van der Waals surface area contributed by atoms with Gasteiger partial charge in [0.05, 0.1) is 0 Å². The van der Waals surface area contributed by atoms with Gasteiger partial charge in [0.25, 0.3) is 0 Å². The molecule has 0 aromatic rings. The van der Waals surface area contributed by atoms with Crippen molar-refractivity contribution in [1.82, 2.24) is 10.2 Å². The van der Waals surface area contributed by atoms with Gasteiger partial charge in [-0.3, -0.25) is 0 Å². The molecule has 0 aromatic carbocycles. The van der Waals surface area contributed by atoms with Crippen LogP contribution < -0.4 is 5.32 Å². The van der Waals surface area contributed by atoms with Gasteiger partial charge in [0.1, 0.15) is 0 Å². The third-order valence-electron chi connectivity index (χ3n) is 3.10. The summed E-state index contributed by atoms with van der Waals surface area (Å²) in [7, 11) is 1.73. The molecule has 1 atom stereocenters. The summed E-state index contributed by atoms with van der Waals surface area (Å²) in [4.78, 5) is 2.32. The van der Waals surface area contributed by atoms with Gasteiger partial charge in [0, 0.05) is 38.6 Å². The Bertz CT molecular complexity index is 227. The normalized spacial score (nSPS) is 21.1. The van der Waals surface area contributed by atoms with E-state index in [1.165, 1.54) is 19.3 Å². The van der Waals surface area contributed by atoms with Crippen molar-refractivity contribution in [1.29, 1.82) is 0 Å². The Kier molecular flexibility index (Phi) is 7.97. The van der Waals surface area contributed by atoms with Gasteiger partial charge in [-0.1, -0.05) is 0 Å². The van der Waals surface area contributed by atoms with Crippen LogP contribution in [0.4, 0.5) is 0 Å². The van der Waals surface area contributed by atoms with Crippen LogP contribution in [0, 0.1) is 0 Å². The predicted octanol–water partition coefficient (Wildman–Crippen LogP) is 2.11. The molecule has 1 N–H and O–H groups in total. The molecule has 1 fully saturated rings. The zero-order chi connectivity index (χ0) is 12.5. The number of thiocarbonyl (C=S) groups is 1. The molecular formula is C12H24N2OS2. The van der Waals surface area contributed by atoms with Crippen LogP contribution in [0.5, 0.6) is 0 Å². The maximum absolute atomic E-state index is 5.43. The van der Waals surface area contributed by atoms with E-state index in [2.05, 4.69) is 16.5 Å². The minimum atomic E-state index is 0.796. The Morgan fingerprint density at radius 2 is 2.29 bits per heavy atom. The zero-order valence-electron chi connectivity index (χ0n) is 10.9. The molecule has 0 radical (unpaired) electrons. The molecule has 0 spiro atoms. The Morgan fingerprint density at radius 3 is 3.00 bits per heavy atom. The second-order valence-corrected chi connectivity index (χ2v) is 5.88. The topological polar surface area (TPSA) is 24.5 Å². The van der Waals surface area contributed by atoms with Crippen LogP contribution in [0.1, 0.15) is 25.7 Å². The first kappa shape index (κ1) is 15.1. The van der Waals surface area contributed by atoms with Gasteiger partial charge in [-0.15, -0.1) is 0 Å². The highest BCUT2D eigenvalue weighted by atomic mass is 32.2. The number of thioether (sulfide) groups is 1. The quantitative estimate of drug-likeness (QED) is 0.612. The number of likely N-dealkylation sites (tertiary alicyclic amines) is 1. The summed E-state index contributed by atoms with van der Waals surface area (Å²) in [6, 6.07) is 0. The first-order chi connectivity index (χ1) is 8.27. The van der Waals surface area contributed by atoms with Crippen molar-refractivity contribution in [2.45, 2.75) is 30.9 Å². The SMILES string of the molecule is COCCCNC(=S)N1CCCC(SC)CC1. The van der Waals surface area contributed by atoms with Crippen LogP contribution in [0.25, 0.3) is 0 Å². The summed E-state index contributed by atoms with van der Waals surface area (Å²) < 4.78 is 5.02. The number of hydrogen-bond acceptors (Lipinski definition) is 3. The van der Waals surface area contributed by atoms with E-state index in [1.54, 1.807) is 7.11 Å². The lowest BCUT2D eigenvalue weighted by Crippen LogP contribution is -2.40. The Hall–Kier alpha value is 0. The molecule has 0 saturated carbocycles. The molecule has 17 heavy (non-hydrogen) atoms. The summed E-state index contributed by atoms with van der Waals surface area (Å²) in [5.41, 5.74) is 0. The van der Waals surface area contributed by atoms with Gasteiger partial charge in [0.15, 0.2) is 5.11 Å². The molecule has 1 rings (SSSR count). The number of methoxy groups -OCH3 is 1. The van der Waals surface area contributed by atoms with Crippen molar-refractivity contribution < 1.29 is 4.74 Å².